The molecule has 0 saturated carbocycles. The quantitative estimate of drug-likeness (QED) is 0.440. The molecule has 0 atom stereocenters. The topological polar surface area (TPSA) is 50.7 Å². The van der Waals surface area contributed by atoms with Crippen LogP contribution in [0.25, 0.3) is 0 Å². The number of aromatic nitrogens is 3. The minimum absolute atomic E-state index is 0.113. The molecule has 0 aromatic carbocycles. The molecule has 0 bridgehead atoms. The summed E-state index contributed by atoms with van der Waals surface area (Å²) in [6, 6.07) is 0. The van der Waals surface area contributed by atoms with Crippen molar-refractivity contribution in [1.82, 2.24) is 14.8 Å². The largest absolute Gasteiger partial charge is 0.343 e. The van der Waals surface area contributed by atoms with Gasteiger partial charge in [-0.25, -0.2) is 9.48 Å². The molecule has 0 fully saturated rings. The van der Waals surface area contributed by atoms with E-state index in [-0.39, 0.29) is 5.69 Å². The van der Waals surface area contributed by atoms with Gasteiger partial charge in [0.25, 0.3) is 0 Å². The Labute approximate surface area is 93.8 Å². The maximum Gasteiger partial charge on any atom is 0.343 e. The SMILES string of the molecule is C=CCSc1nn(CCCCC)c(=O)[nH]1. The van der Waals surface area contributed by atoms with Crippen LogP contribution in [0.2, 0.25) is 0 Å². The van der Waals surface area contributed by atoms with Gasteiger partial charge in [0, 0.05) is 12.3 Å². The summed E-state index contributed by atoms with van der Waals surface area (Å²) >= 11 is 1.49. The van der Waals surface area contributed by atoms with Crippen LogP contribution >= 0.6 is 11.8 Å². The number of rotatable bonds is 7. The van der Waals surface area contributed by atoms with Crippen molar-refractivity contribution in [2.45, 2.75) is 37.9 Å². The standard InChI is InChI=1S/C10H17N3OS/c1-3-5-6-7-13-10(14)11-9(12-13)15-8-4-2/h4H,2-3,5-8H2,1H3,(H,11,12,14). The van der Waals surface area contributed by atoms with Crippen molar-refractivity contribution < 1.29 is 0 Å². The Kier molecular flexibility index (Phi) is 5.25. The van der Waals surface area contributed by atoms with Crippen LogP contribution in [0.3, 0.4) is 0 Å². The molecule has 0 spiro atoms. The summed E-state index contributed by atoms with van der Waals surface area (Å²) in [7, 11) is 0. The zero-order valence-electron chi connectivity index (χ0n) is 9.03. The van der Waals surface area contributed by atoms with Gasteiger partial charge in [-0.05, 0) is 6.42 Å². The minimum atomic E-state index is -0.113. The Morgan fingerprint density at radius 2 is 2.40 bits per heavy atom. The fourth-order valence-electron chi connectivity index (χ4n) is 1.20. The first-order chi connectivity index (χ1) is 7.27. The lowest BCUT2D eigenvalue weighted by Crippen LogP contribution is -2.17. The fourth-order valence-corrected chi connectivity index (χ4v) is 1.79. The van der Waals surface area contributed by atoms with Crippen LogP contribution in [0.15, 0.2) is 22.6 Å². The number of aromatic amines is 1. The van der Waals surface area contributed by atoms with E-state index in [2.05, 4.69) is 23.6 Å². The highest BCUT2D eigenvalue weighted by Crippen LogP contribution is 2.09. The number of hydrogen-bond donors (Lipinski definition) is 1. The Balaban J connectivity index is 2.52. The van der Waals surface area contributed by atoms with Gasteiger partial charge < -0.3 is 0 Å². The van der Waals surface area contributed by atoms with E-state index in [1.165, 1.54) is 16.4 Å². The fraction of sp³-hybridized carbons (Fsp3) is 0.600. The molecular weight excluding hydrogens is 210 g/mol. The van der Waals surface area contributed by atoms with Crippen LogP contribution in [0.1, 0.15) is 26.2 Å². The lowest BCUT2D eigenvalue weighted by molar-refractivity contribution is 0.532. The van der Waals surface area contributed by atoms with Crippen molar-refractivity contribution in [2.75, 3.05) is 5.75 Å². The second kappa shape index (κ2) is 6.50. The molecule has 1 aromatic heterocycles. The van der Waals surface area contributed by atoms with Gasteiger partial charge in [0.15, 0.2) is 5.16 Å². The molecule has 0 aliphatic carbocycles. The third-order valence-electron chi connectivity index (χ3n) is 1.97. The molecule has 15 heavy (non-hydrogen) atoms. The number of nitrogens with zero attached hydrogens (tertiary/aromatic N) is 2. The van der Waals surface area contributed by atoms with Gasteiger partial charge in [0.2, 0.25) is 0 Å². The van der Waals surface area contributed by atoms with Crippen LogP contribution in [0, 0.1) is 0 Å². The number of H-pyrrole nitrogens is 1. The number of unbranched alkanes of at least 4 members (excludes halogenated alkanes) is 2. The summed E-state index contributed by atoms with van der Waals surface area (Å²) in [5.74, 6) is 0.766. The Morgan fingerprint density at radius 3 is 3.07 bits per heavy atom. The summed E-state index contributed by atoms with van der Waals surface area (Å²) in [5, 5.41) is 4.86. The zero-order valence-corrected chi connectivity index (χ0v) is 9.85. The van der Waals surface area contributed by atoms with E-state index in [0.29, 0.717) is 11.7 Å². The van der Waals surface area contributed by atoms with Gasteiger partial charge in [-0.2, -0.15) is 0 Å². The smallest absolute Gasteiger partial charge is 0.284 e. The Bertz CT molecular complexity index is 356. The molecule has 0 saturated heterocycles. The molecule has 0 amide bonds. The van der Waals surface area contributed by atoms with Gasteiger partial charge >= 0.3 is 5.69 Å². The van der Waals surface area contributed by atoms with E-state index in [1.807, 2.05) is 0 Å². The van der Waals surface area contributed by atoms with Gasteiger partial charge in [-0.1, -0.05) is 37.6 Å². The van der Waals surface area contributed by atoms with Gasteiger partial charge in [0.05, 0.1) is 0 Å². The van der Waals surface area contributed by atoms with Gasteiger partial charge in [-0.15, -0.1) is 11.7 Å². The first kappa shape index (κ1) is 12.1. The second-order valence-corrected chi connectivity index (χ2v) is 4.27. The average molecular weight is 227 g/mol. The highest BCUT2D eigenvalue weighted by Gasteiger charge is 2.03. The first-order valence-electron chi connectivity index (χ1n) is 5.18. The predicted molar refractivity (Wildman–Crippen MR) is 63.3 cm³/mol. The van der Waals surface area contributed by atoms with Crippen LogP contribution in [-0.4, -0.2) is 20.5 Å². The molecule has 1 aromatic rings. The van der Waals surface area contributed by atoms with E-state index in [1.54, 1.807) is 6.08 Å². The van der Waals surface area contributed by atoms with Crippen LogP contribution in [0.5, 0.6) is 0 Å². The van der Waals surface area contributed by atoms with Crippen LogP contribution < -0.4 is 5.69 Å². The molecule has 1 rings (SSSR count). The molecule has 5 heteroatoms. The minimum Gasteiger partial charge on any atom is -0.284 e. The van der Waals surface area contributed by atoms with Gasteiger partial charge in [0.1, 0.15) is 0 Å². The summed E-state index contributed by atoms with van der Waals surface area (Å²) < 4.78 is 1.50. The lowest BCUT2D eigenvalue weighted by atomic mass is 10.2. The monoisotopic (exact) mass is 227 g/mol. The first-order valence-corrected chi connectivity index (χ1v) is 6.17. The van der Waals surface area contributed by atoms with Crippen molar-refractivity contribution >= 4 is 11.8 Å². The number of nitrogens with one attached hydrogen (secondary N) is 1. The van der Waals surface area contributed by atoms with E-state index < -0.39 is 0 Å². The highest BCUT2D eigenvalue weighted by molar-refractivity contribution is 7.99. The van der Waals surface area contributed by atoms with E-state index >= 15 is 0 Å². The predicted octanol–water partition coefficient (Wildman–Crippen LogP) is 2.04. The van der Waals surface area contributed by atoms with E-state index in [9.17, 15) is 4.79 Å². The molecule has 0 radical (unpaired) electrons. The maximum atomic E-state index is 11.4. The summed E-state index contributed by atoms with van der Waals surface area (Å²) in [5.41, 5.74) is -0.113. The normalized spacial score (nSPS) is 10.5. The third-order valence-corrected chi connectivity index (χ3v) is 2.83. The maximum absolute atomic E-state index is 11.4. The number of thioether (sulfide) groups is 1. The molecular formula is C10H17N3OS. The molecule has 84 valence electrons. The number of aryl methyl sites for hydroxylation is 1. The molecule has 4 nitrogen and oxygen atoms in total. The summed E-state index contributed by atoms with van der Waals surface area (Å²) in [4.78, 5) is 14.1. The van der Waals surface area contributed by atoms with E-state index in [0.717, 1.165) is 25.0 Å². The average Bonchev–Trinajstić information content (AvgIpc) is 2.57. The molecule has 1 heterocycles. The molecule has 0 aliphatic rings. The van der Waals surface area contributed by atoms with Gasteiger partial charge in [-0.3, -0.25) is 4.98 Å². The van der Waals surface area contributed by atoms with Crippen molar-refractivity contribution in [1.29, 1.82) is 0 Å². The Morgan fingerprint density at radius 1 is 1.60 bits per heavy atom. The molecule has 0 unspecified atom stereocenters. The second-order valence-electron chi connectivity index (χ2n) is 3.27. The van der Waals surface area contributed by atoms with Crippen molar-refractivity contribution in [3.05, 3.63) is 23.1 Å². The Hall–Kier alpha value is -0.970. The highest BCUT2D eigenvalue weighted by atomic mass is 32.2. The molecule has 0 aliphatic heterocycles. The summed E-state index contributed by atoms with van der Waals surface area (Å²) in [6.07, 6.45) is 5.08. The molecule has 1 N–H and O–H groups in total. The van der Waals surface area contributed by atoms with Crippen molar-refractivity contribution in [3.8, 4) is 0 Å². The van der Waals surface area contributed by atoms with Crippen molar-refractivity contribution in [2.24, 2.45) is 0 Å². The van der Waals surface area contributed by atoms with Crippen molar-refractivity contribution in [3.63, 3.8) is 0 Å². The lowest BCUT2D eigenvalue weighted by Gasteiger charge is -1.96. The van der Waals surface area contributed by atoms with Crippen LogP contribution in [0.4, 0.5) is 0 Å². The number of hydrogen-bond acceptors (Lipinski definition) is 3. The van der Waals surface area contributed by atoms with E-state index in [4.69, 9.17) is 0 Å². The van der Waals surface area contributed by atoms with Crippen LogP contribution in [-0.2, 0) is 6.54 Å². The zero-order chi connectivity index (χ0) is 11.1. The third kappa shape index (κ3) is 3.95. The summed E-state index contributed by atoms with van der Waals surface area (Å²) in [6.45, 7) is 6.46.